The minimum Gasteiger partial charge on any atom is -0.454 e. The van der Waals surface area contributed by atoms with Gasteiger partial charge in [0.05, 0.1) is 19.3 Å². The van der Waals surface area contributed by atoms with E-state index >= 15 is 0 Å². The number of carbonyl (C=O) groups excluding carboxylic acids is 1. The van der Waals surface area contributed by atoms with Crippen molar-refractivity contribution in [3.63, 3.8) is 0 Å². The maximum absolute atomic E-state index is 12.3. The number of carbonyl (C=O) groups is 1. The van der Waals surface area contributed by atoms with Gasteiger partial charge in [-0.3, -0.25) is 9.69 Å². The molecular formula is C18H24N2O5. The number of amides is 1. The summed E-state index contributed by atoms with van der Waals surface area (Å²) in [6.07, 6.45) is 1.45. The van der Waals surface area contributed by atoms with Gasteiger partial charge in [-0.15, -0.1) is 0 Å². The van der Waals surface area contributed by atoms with Crippen molar-refractivity contribution >= 4 is 5.91 Å². The molecule has 3 aliphatic rings. The van der Waals surface area contributed by atoms with Gasteiger partial charge in [0.1, 0.15) is 6.10 Å². The Morgan fingerprint density at radius 3 is 2.84 bits per heavy atom. The number of rotatable bonds is 5. The first kappa shape index (κ1) is 16.6. The van der Waals surface area contributed by atoms with Gasteiger partial charge in [0, 0.05) is 26.2 Å². The number of hydrogen-bond donors (Lipinski definition) is 1. The molecule has 1 N–H and O–H groups in total. The quantitative estimate of drug-likeness (QED) is 0.859. The molecular weight excluding hydrogens is 324 g/mol. The molecule has 2 unspecified atom stereocenters. The second kappa shape index (κ2) is 7.59. The third-order valence-electron chi connectivity index (χ3n) is 4.96. The zero-order valence-electron chi connectivity index (χ0n) is 14.2. The van der Waals surface area contributed by atoms with E-state index in [4.69, 9.17) is 18.9 Å². The molecule has 0 spiro atoms. The van der Waals surface area contributed by atoms with Gasteiger partial charge in [-0.2, -0.15) is 0 Å². The van der Waals surface area contributed by atoms with Crippen LogP contribution < -0.4 is 14.8 Å². The van der Waals surface area contributed by atoms with Gasteiger partial charge in [0.15, 0.2) is 11.5 Å². The average molecular weight is 348 g/mol. The predicted octanol–water partition coefficient (Wildman–Crippen LogP) is 1.08. The van der Waals surface area contributed by atoms with Crippen LogP contribution in [0.2, 0.25) is 0 Å². The lowest BCUT2D eigenvalue weighted by molar-refractivity contribution is -0.130. The van der Waals surface area contributed by atoms with E-state index in [-0.39, 0.29) is 24.8 Å². The predicted molar refractivity (Wildman–Crippen MR) is 89.7 cm³/mol. The van der Waals surface area contributed by atoms with E-state index < -0.39 is 0 Å². The maximum atomic E-state index is 12.3. The highest BCUT2D eigenvalue weighted by Crippen LogP contribution is 2.35. The Bertz CT molecular complexity index is 611. The van der Waals surface area contributed by atoms with Gasteiger partial charge in [-0.05, 0) is 30.5 Å². The molecule has 136 valence electrons. The molecule has 1 aromatic rings. The summed E-state index contributed by atoms with van der Waals surface area (Å²) in [6, 6.07) is 6.07. The third kappa shape index (κ3) is 3.73. The van der Waals surface area contributed by atoms with E-state index in [1.165, 1.54) is 0 Å². The van der Waals surface area contributed by atoms with Crippen molar-refractivity contribution in [1.82, 2.24) is 10.2 Å². The van der Waals surface area contributed by atoms with Gasteiger partial charge >= 0.3 is 0 Å². The third-order valence-corrected chi connectivity index (χ3v) is 4.96. The van der Waals surface area contributed by atoms with E-state index in [1.54, 1.807) is 0 Å². The average Bonchev–Trinajstić information content (AvgIpc) is 3.34. The fourth-order valence-corrected chi connectivity index (χ4v) is 3.56. The Balaban J connectivity index is 1.48. The summed E-state index contributed by atoms with van der Waals surface area (Å²) in [5.74, 6) is 1.52. The summed E-state index contributed by atoms with van der Waals surface area (Å²) in [5, 5.41) is 3.07. The van der Waals surface area contributed by atoms with E-state index in [2.05, 4.69) is 10.2 Å². The fourth-order valence-electron chi connectivity index (χ4n) is 3.56. The molecule has 0 radical (unpaired) electrons. The first-order chi connectivity index (χ1) is 12.3. The van der Waals surface area contributed by atoms with E-state index in [0.29, 0.717) is 26.4 Å². The monoisotopic (exact) mass is 348 g/mol. The molecule has 0 saturated carbocycles. The van der Waals surface area contributed by atoms with E-state index in [0.717, 1.165) is 43.0 Å². The molecule has 7 heteroatoms. The number of fused-ring (bicyclic) bond motifs is 1. The Kier molecular flexibility index (Phi) is 5.05. The first-order valence-electron chi connectivity index (χ1n) is 8.92. The van der Waals surface area contributed by atoms with Crippen molar-refractivity contribution in [3.8, 4) is 11.5 Å². The first-order valence-corrected chi connectivity index (χ1v) is 8.92. The van der Waals surface area contributed by atoms with Crippen LogP contribution >= 0.6 is 0 Å². The summed E-state index contributed by atoms with van der Waals surface area (Å²) in [4.78, 5) is 14.7. The zero-order valence-corrected chi connectivity index (χ0v) is 14.2. The lowest BCUT2D eigenvalue weighted by Gasteiger charge is -2.35. The van der Waals surface area contributed by atoms with Crippen molar-refractivity contribution in [1.29, 1.82) is 0 Å². The highest BCUT2D eigenvalue weighted by atomic mass is 16.7. The second-order valence-electron chi connectivity index (χ2n) is 6.52. The smallest absolute Gasteiger partial charge is 0.249 e. The van der Waals surface area contributed by atoms with E-state index in [1.807, 2.05) is 18.2 Å². The lowest BCUT2D eigenvalue weighted by atomic mass is 10.0. The number of ether oxygens (including phenoxy) is 4. The van der Waals surface area contributed by atoms with Crippen LogP contribution in [-0.2, 0) is 14.3 Å². The Morgan fingerprint density at radius 1 is 1.20 bits per heavy atom. The molecule has 2 saturated heterocycles. The molecule has 3 heterocycles. The number of morpholine rings is 1. The molecule has 0 aromatic heterocycles. The number of benzene rings is 1. The topological polar surface area (TPSA) is 69.3 Å². The Labute approximate surface area is 147 Å². The van der Waals surface area contributed by atoms with Crippen LogP contribution in [0, 0.1) is 0 Å². The molecule has 1 amide bonds. The van der Waals surface area contributed by atoms with Crippen molar-refractivity contribution in [3.05, 3.63) is 23.8 Å². The Morgan fingerprint density at radius 2 is 2.04 bits per heavy atom. The van der Waals surface area contributed by atoms with Crippen molar-refractivity contribution in [2.45, 2.75) is 25.0 Å². The lowest BCUT2D eigenvalue weighted by Crippen LogP contribution is -2.45. The fraction of sp³-hybridized carbons (Fsp3) is 0.611. The van der Waals surface area contributed by atoms with Crippen LogP contribution in [-0.4, -0.2) is 63.2 Å². The minimum atomic E-state index is -0.304. The zero-order chi connectivity index (χ0) is 17.1. The molecule has 3 aliphatic heterocycles. The van der Waals surface area contributed by atoms with Crippen LogP contribution in [0.3, 0.4) is 0 Å². The summed E-state index contributed by atoms with van der Waals surface area (Å²) >= 11 is 0. The van der Waals surface area contributed by atoms with Crippen molar-refractivity contribution < 1.29 is 23.7 Å². The molecule has 2 atom stereocenters. The summed E-state index contributed by atoms with van der Waals surface area (Å²) in [5.41, 5.74) is 1.11. The SMILES string of the molecule is O=C(NCC(c1ccc2c(c1)OCO2)N1CCOCC1)C1CCCO1. The van der Waals surface area contributed by atoms with Crippen LogP contribution in [0.25, 0.3) is 0 Å². The summed E-state index contributed by atoms with van der Waals surface area (Å²) in [7, 11) is 0. The van der Waals surface area contributed by atoms with E-state index in [9.17, 15) is 4.79 Å². The summed E-state index contributed by atoms with van der Waals surface area (Å²) in [6.45, 7) is 4.58. The molecule has 0 bridgehead atoms. The molecule has 0 aliphatic carbocycles. The maximum Gasteiger partial charge on any atom is 0.249 e. The van der Waals surface area contributed by atoms with Gasteiger partial charge in [-0.1, -0.05) is 6.07 Å². The van der Waals surface area contributed by atoms with Gasteiger partial charge < -0.3 is 24.3 Å². The summed E-state index contributed by atoms with van der Waals surface area (Å²) < 4.78 is 21.9. The standard InChI is InChI=1S/C18H24N2O5/c21-18(16-2-1-7-23-16)19-11-14(20-5-8-22-9-6-20)13-3-4-15-17(10-13)25-12-24-15/h3-4,10,14,16H,1-2,5-9,11-12H2,(H,19,21). The largest absolute Gasteiger partial charge is 0.454 e. The Hall–Kier alpha value is -1.83. The highest BCUT2D eigenvalue weighted by molar-refractivity contribution is 5.81. The van der Waals surface area contributed by atoms with Crippen LogP contribution in [0.15, 0.2) is 18.2 Å². The normalized spacial score (nSPS) is 24.2. The minimum absolute atomic E-state index is 0.0171. The van der Waals surface area contributed by atoms with Crippen LogP contribution in [0.1, 0.15) is 24.4 Å². The number of nitrogens with one attached hydrogen (secondary N) is 1. The molecule has 1 aromatic carbocycles. The van der Waals surface area contributed by atoms with Crippen molar-refractivity contribution in [2.75, 3.05) is 46.2 Å². The molecule has 7 nitrogen and oxygen atoms in total. The van der Waals surface area contributed by atoms with Gasteiger partial charge in [0.2, 0.25) is 12.7 Å². The molecule has 4 rings (SSSR count). The number of nitrogens with zero attached hydrogens (tertiary/aromatic N) is 1. The van der Waals surface area contributed by atoms with Gasteiger partial charge in [-0.25, -0.2) is 0 Å². The van der Waals surface area contributed by atoms with Crippen molar-refractivity contribution in [2.24, 2.45) is 0 Å². The number of hydrogen-bond acceptors (Lipinski definition) is 6. The molecule has 25 heavy (non-hydrogen) atoms. The van der Waals surface area contributed by atoms with Crippen LogP contribution in [0.5, 0.6) is 11.5 Å². The highest BCUT2D eigenvalue weighted by Gasteiger charge is 2.28. The second-order valence-corrected chi connectivity index (χ2v) is 6.52. The van der Waals surface area contributed by atoms with Gasteiger partial charge in [0.25, 0.3) is 0 Å². The molecule has 2 fully saturated rings. The van der Waals surface area contributed by atoms with Crippen LogP contribution in [0.4, 0.5) is 0 Å².